The first-order valence-electron chi connectivity index (χ1n) is 14.9. The van der Waals surface area contributed by atoms with Crippen LogP contribution in [0.3, 0.4) is 0 Å². The van der Waals surface area contributed by atoms with Gasteiger partial charge in [-0.3, -0.25) is 4.79 Å². The van der Waals surface area contributed by atoms with Crippen LogP contribution in [0.5, 0.6) is 0 Å². The first-order chi connectivity index (χ1) is 19.1. The number of nitrogen functional groups attached to an aromatic ring is 1. The van der Waals surface area contributed by atoms with Crippen molar-refractivity contribution in [3.05, 3.63) is 63.1 Å². The molecule has 0 heterocycles. The Morgan fingerprint density at radius 3 is 2.27 bits per heavy atom. The maximum atomic E-state index is 12.8. The summed E-state index contributed by atoms with van der Waals surface area (Å²) >= 11 is 3.51. The molecule has 1 fully saturated rings. The van der Waals surface area contributed by atoms with E-state index >= 15 is 0 Å². The molecule has 3 N–H and O–H groups in total. The van der Waals surface area contributed by atoms with E-state index in [0.717, 1.165) is 24.0 Å². The zero-order valence-corrected chi connectivity index (χ0v) is 26.3. The molecule has 1 aliphatic rings. The summed E-state index contributed by atoms with van der Waals surface area (Å²) in [4.78, 5) is 25.3. The fraction of sp³-hybridized carbons (Fsp3) is 0.576. The standard InChI is InChI=1S/C33H47BrN2O4/c1-5-33(15-7-6-8-16-33)36-22-28-20-27(21-29(34)30(28)35)32(38)40-18-10-9-17-39-31(37)24(4)26-13-11-25(12-14-26)19-23(2)3/h11-14,20-21,23-24,36H,5-10,15-19,22,35H2,1-4H3. The van der Waals surface area contributed by atoms with Gasteiger partial charge in [0, 0.05) is 16.6 Å². The highest BCUT2D eigenvalue weighted by Crippen LogP contribution is 2.32. The molecule has 1 aliphatic carbocycles. The molecule has 0 radical (unpaired) electrons. The number of halogens is 1. The number of benzene rings is 2. The number of carbonyl (C=O) groups is 2. The van der Waals surface area contributed by atoms with Crippen LogP contribution in [-0.4, -0.2) is 30.7 Å². The molecule has 0 aliphatic heterocycles. The summed E-state index contributed by atoms with van der Waals surface area (Å²) < 4.78 is 11.7. The lowest BCUT2D eigenvalue weighted by Gasteiger charge is -2.38. The summed E-state index contributed by atoms with van der Waals surface area (Å²) in [5.41, 5.74) is 10.7. The Morgan fingerprint density at radius 2 is 1.65 bits per heavy atom. The first kappa shape index (κ1) is 32.1. The molecule has 3 rings (SSSR count). The highest BCUT2D eigenvalue weighted by molar-refractivity contribution is 9.10. The molecule has 0 amide bonds. The number of ether oxygens (including phenoxy) is 2. The molecule has 2 aromatic rings. The van der Waals surface area contributed by atoms with Crippen LogP contribution in [0.2, 0.25) is 0 Å². The molecule has 1 unspecified atom stereocenters. The van der Waals surface area contributed by atoms with Crippen molar-refractivity contribution < 1.29 is 19.1 Å². The van der Waals surface area contributed by atoms with Crippen LogP contribution in [0.25, 0.3) is 0 Å². The van der Waals surface area contributed by atoms with Crippen LogP contribution in [0.15, 0.2) is 40.9 Å². The number of anilines is 1. The fourth-order valence-electron chi connectivity index (χ4n) is 5.41. The minimum atomic E-state index is -0.378. The quantitative estimate of drug-likeness (QED) is 0.129. The molecule has 1 saturated carbocycles. The Balaban J connectivity index is 1.41. The Hall–Kier alpha value is -2.38. The van der Waals surface area contributed by atoms with E-state index in [4.69, 9.17) is 15.2 Å². The van der Waals surface area contributed by atoms with E-state index < -0.39 is 0 Å². The van der Waals surface area contributed by atoms with E-state index in [9.17, 15) is 9.59 Å². The molecule has 6 nitrogen and oxygen atoms in total. The van der Waals surface area contributed by atoms with Crippen molar-refractivity contribution in [2.75, 3.05) is 18.9 Å². The summed E-state index contributed by atoms with van der Waals surface area (Å²) in [5.74, 6) is -0.333. The number of rotatable bonds is 14. The van der Waals surface area contributed by atoms with Gasteiger partial charge in [0.2, 0.25) is 0 Å². The van der Waals surface area contributed by atoms with Crippen molar-refractivity contribution in [3.63, 3.8) is 0 Å². The van der Waals surface area contributed by atoms with Gasteiger partial charge in [-0.2, -0.15) is 0 Å². The Bertz CT molecular complexity index is 1110. The summed E-state index contributed by atoms with van der Waals surface area (Å²) in [6.45, 7) is 9.67. The second-order valence-corrected chi connectivity index (χ2v) is 12.5. The highest BCUT2D eigenvalue weighted by Gasteiger charge is 2.29. The van der Waals surface area contributed by atoms with Gasteiger partial charge in [0.05, 0.1) is 30.4 Å². The molecule has 0 bridgehead atoms. The Kier molecular flexibility index (Phi) is 12.5. The van der Waals surface area contributed by atoms with Gasteiger partial charge in [-0.25, -0.2) is 4.79 Å². The number of hydrogen-bond acceptors (Lipinski definition) is 6. The topological polar surface area (TPSA) is 90.6 Å². The van der Waals surface area contributed by atoms with Gasteiger partial charge in [0.15, 0.2) is 0 Å². The van der Waals surface area contributed by atoms with E-state index in [1.54, 1.807) is 6.07 Å². The fourth-order valence-corrected chi connectivity index (χ4v) is 5.91. The largest absolute Gasteiger partial charge is 0.465 e. The summed E-state index contributed by atoms with van der Waals surface area (Å²) in [6, 6.07) is 11.8. The maximum absolute atomic E-state index is 12.8. The molecule has 7 heteroatoms. The zero-order chi connectivity index (χ0) is 29.1. The van der Waals surface area contributed by atoms with Gasteiger partial charge in [0.25, 0.3) is 0 Å². The van der Waals surface area contributed by atoms with Crippen molar-refractivity contribution >= 4 is 33.6 Å². The van der Waals surface area contributed by atoms with Crippen molar-refractivity contribution in [1.82, 2.24) is 5.32 Å². The molecule has 1 atom stereocenters. The van der Waals surface area contributed by atoms with Crippen LogP contribution < -0.4 is 11.1 Å². The van der Waals surface area contributed by atoms with Crippen LogP contribution in [0.4, 0.5) is 5.69 Å². The maximum Gasteiger partial charge on any atom is 0.338 e. The molecule has 220 valence electrons. The number of nitrogens with one attached hydrogen (secondary N) is 1. The summed E-state index contributed by atoms with van der Waals surface area (Å²) in [6.07, 6.45) is 9.48. The predicted molar refractivity (Wildman–Crippen MR) is 165 cm³/mol. The third kappa shape index (κ3) is 9.34. The number of nitrogens with two attached hydrogens (primary N) is 1. The zero-order valence-electron chi connectivity index (χ0n) is 24.7. The molecular formula is C33H47BrN2O4. The van der Waals surface area contributed by atoms with Crippen molar-refractivity contribution in [3.8, 4) is 0 Å². The highest BCUT2D eigenvalue weighted by atomic mass is 79.9. The molecule has 0 spiro atoms. The molecule has 0 aromatic heterocycles. The van der Waals surface area contributed by atoms with Crippen molar-refractivity contribution in [1.29, 1.82) is 0 Å². The van der Waals surface area contributed by atoms with Crippen LogP contribution in [0, 0.1) is 5.92 Å². The number of esters is 2. The number of unbranched alkanes of at least 4 members (excludes halogenated alkanes) is 1. The van der Waals surface area contributed by atoms with Crippen LogP contribution >= 0.6 is 15.9 Å². The van der Waals surface area contributed by atoms with E-state index in [-0.39, 0.29) is 30.0 Å². The minimum Gasteiger partial charge on any atom is -0.465 e. The van der Waals surface area contributed by atoms with Crippen LogP contribution in [-0.2, 0) is 27.2 Å². The SMILES string of the molecule is CCC1(NCc2cc(C(=O)OCCCCOC(=O)C(C)c3ccc(CC(C)C)cc3)cc(Br)c2N)CCCCC1. The lowest BCUT2D eigenvalue weighted by Crippen LogP contribution is -2.45. The molecule has 0 saturated heterocycles. The van der Waals surface area contributed by atoms with E-state index in [1.165, 1.54) is 37.7 Å². The van der Waals surface area contributed by atoms with Gasteiger partial charge < -0.3 is 20.5 Å². The molecular weight excluding hydrogens is 568 g/mol. The summed E-state index contributed by atoms with van der Waals surface area (Å²) in [5, 5.41) is 3.74. The Morgan fingerprint density at radius 1 is 1.00 bits per heavy atom. The average Bonchev–Trinajstić information content (AvgIpc) is 2.95. The third-order valence-corrected chi connectivity index (χ3v) is 8.74. The Labute approximate surface area is 248 Å². The average molecular weight is 616 g/mol. The van der Waals surface area contributed by atoms with E-state index in [2.05, 4.69) is 54.2 Å². The normalized spacial score (nSPS) is 15.6. The van der Waals surface area contributed by atoms with Gasteiger partial charge in [-0.1, -0.05) is 64.3 Å². The van der Waals surface area contributed by atoms with Gasteiger partial charge in [0.1, 0.15) is 0 Å². The molecule has 2 aromatic carbocycles. The van der Waals surface area contributed by atoms with Gasteiger partial charge in [-0.05, 0) is 96.1 Å². The van der Waals surface area contributed by atoms with Crippen molar-refractivity contribution in [2.24, 2.45) is 5.92 Å². The second-order valence-electron chi connectivity index (χ2n) is 11.7. The second kappa shape index (κ2) is 15.6. The van der Waals surface area contributed by atoms with Crippen molar-refractivity contribution in [2.45, 2.75) is 103 Å². The summed E-state index contributed by atoms with van der Waals surface area (Å²) in [7, 11) is 0. The minimum absolute atomic E-state index is 0.146. The number of carbonyl (C=O) groups excluding carboxylic acids is 2. The lowest BCUT2D eigenvalue weighted by atomic mass is 9.79. The third-order valence-electron chi connectivity index (χ3n) is 8.09. The van der Waals surface area contributed by atoms with E-state index in [1.807, 2.05) is 25.1 Å². The van der Waals surface area contributed by atoms with Crippen LogP contribution in [0.1, 0.15) is 112 Å². The number of hydrogen-bond donors (Lipinski definition) is 2. The first-order valence-corrected chi connectivity index (χ1v) is 15.7. The molecule has 40 heavy (non-hydrogen) atoms. The lowest BCUT2D eigenvalue weighted by molar-refractivity contribution is -0.145. The predicted octanol–water partition coefficient (Wildman–Crippen LogP) is 7.72. The van der Waals surface area contributed by atoms with Gasteiger partial charge in [-0.15, -0.1) is 0 Å². The smallest absolute Gasteiger partial charge is 0.338 e. The van der Waals surface area contributed by atoms with Gasteiger partial charge >= 0.3 is 11.9 Å². The van der Waals surface area contributed by atoms with E-state index in [0.29, 0.717) is 47.6 Å². The monoisotopic (exact) mass is 614 g/mol.